The Morgan fingerprint density at radius 2 is 1.92 bits per heavy atom. The van der Waals surface area contributed by atoms with Crippen LogP contribution in [0.25, 0.3) is 0 Å². The number of methoxy groups -OCH3 is 1. The van der Waals surface area contributed by atoms with Crippen LogP contribution in [-0.2, 0) is 21.1 Å². The van der Waals surface area contributed by atoms with Crippen molar-refractivity contribution in [1.29, 1.82) is 0 Å². The van der Waals surface area contributed by atoms with E-state index in [0.29, 0.717) is 28.8 Å². The molecule has 0 aliphatic heterocycles. The van der Waals surface area contributed by atoms with Crippen molar-refractivity contribution in [2.24, 2.45) is 0 Å². The molecular weight excluding hydrogens is 368 g/mol. The van der Waals surface area contributed by atoms with Crippen molar-refractivity contribution < 1.29 is 13.2 Å². The van der Waals surface area contributed by atoms with Crippen LogP contribution in [0, 0.1) is 13.8 Å². The number of hydrogen-bond donors (Lipinski definition) is 0. The van der Waals surface area contributed by atoms with Crippen LogP contribution in [0.2, 0.25) is 5.02 Å². The summed E-state index contributed by atoms with van der Waals surface area (Å²) in [6.45, 7) is 5.25. The molecule has 0 spiro atoms. The Labute approximate surface area is 152 Å². The van der Waals surface area contributed by atoms with E-state index in [2.05, 4.69) is 9.55 Å². The second-order valence-electron chi connectivity index (χ2n) is 5.33. The van der Waals surface area contributed by atoms with E-state index in [9.17, 15) is 8.42 Å². The Bertz CT molecular complexity index is 786. The third-order valence-electron chi connectivity index (χ3n) is 3.70. The van der Waals surface area contributed by atoms with Crippen molar-refractivity contribution >= 4 is 33.2 Å². The number of benzene rings is 1. The fraction of sp³-hybridized carbons (Fsp3) is 0.438. The summed E-state index contributed by atoms with van der Waals surface area (Å²) in [6.07, 6.45) is 0. The Balaban J connectivity index is 2.03. The van der Waals surface area contributed by atoms with E-state index in [1.165, 1.54) is 23.9 Å². The first-order chi connectivity index (χ1) is 11.3. The molecule has 0 radical (unpaired) electrons. The molecule has 2 aromatic rings. The fourth-order valence-electron chi connectivity index (χ4n) is 2.18. The molecule has 0 aliphatic carbocycles. The van der Waals surface area contributed by atoms with Crippen LogP contribution < -0.4 is 0 Å². The number of aromatic nitrogens is 2. The molecule has 24 heavy (non-hydrogen) atoms. The quantitative estimate of drug-likeness (QED) is 0.649. The van der Waals surface area contributed by atoms with Crippen LogP contribution >= 0.6 is 23.4 Å². The molecule has 5 nitrogen and oxygen atoms in total. The van der Waals surface area contributed by atoms with Crippen molar-refractivity contribution in [1.82, 2.24) is 9.55 Å². The van der Waals surface area contributed by atoms with E-state index in [4.69, 9.17) is 16.3 Å². The van der Waals surface area contributed by atoms with E-state index in [1.54, 1.807) is 19.2 Å². The van der Waals surface area contributed by atoms with Gasteiger partial charge in [-0.1, -0.05) is 23.4 Å². The van der Waals surface area contributed by atoms with E-state index in [1.807, 2.05) is 13.8 Å². The van der Waals surface area contributed by atoms with Crippen molar-refractivity contribution in [3.8, 4) is 0 Å². The monoisotopic (exact) mass is 388 g/mol. The molecule has 0 saturated carbocycles. The lowest BCUT2D eigenvalue weighted by molar-refractivity contribution is 0.184. The Morgan fingerprint density at radius 1 is 1.25 bits per heavy atom. The molecule has 1 aromatic heterocycles. The fourth-order valence-corrected chi connectivity index (χ4v) is 5.07. The highest BCUT2D eigenvalue weighted by Gasteiger charge is 2.16. The molecule has 0 bridgehead atoms. The van der Waals surface area contributed by atoms with E-state index < -0.39 is 9.84 Å². The minimum atomic E-state index is -3.32. The van der Waals surface area contributed by atoms with Gasteiger partial charge in [0.05, 0.1) is 22.9 Å². The maximum Gasteiger partial charge on any atom is 0.179 e. The Kier molecular flexibility index (Phi) is 6.74. The maximum absolute atomic E-state index is 12.4. The summed E-state index contributed by atoms with van der Waals surface area (Å²) in [5.74, 6) is 0.488. The summed E-state index contributed by atoms with van der Waals surface area (Å²) in [4.78, 5) is 4.82. The van der Waals surface area contributed by atoms with Crippen molar-refractivity contribution in [2.45, 2.75) is 30.4 Å². The number of imidazole rings is 1. The minimum Gasteiger partial charge on any atom is -0.383 e. The number of rotatable bonds is 8. The standard InChI is InChI=1S/C16H21ClN2O3S2/c1-12-13(2)19(8-9-22-3)16(18-12)23-10-11-24(20,21)15-6-4-14(17)5-7-15/h4-7H,8-11H2,1-3H3. The summed E-state index contributed by atoms with van der Waals surface area (Å²) in [5, 5.41) is 1.35. The number of ether oxygens (including phenoxy) is 1. The lowest BCUT2D eigenvalue weighted by Gasteiger charge is -2.09. The van der Waals surface area contributed by atoms with Gasteiger partial charge in [0.1, 0.15) is 0 Å². The predicted molar refractivity (Wildman–Crippen MR) is 97.8 cm³/mol. The van der Waals surface area contributed by atoms with Crippen LogP contribution in [0.1, 0.15) is 11.4 Å². The zero-order chi connectivity index (χ0) is 17.7. The molecule has 0 aliphatic rings. The van der Waals surface area contributed by atoms with Gasteiger partial charge in [-0.15, -0.1) is 0 Å². The van der Waals surface area contributed by atoms with Crippen LogP contribution in [0.15, 0.2) is 34.3 Å². The van der Waals surface area contributed by atoms with Gasteiger partial charge in [0, 0.05) is 30.1 Å². The van der Waals surface area contributed by atoms with Gasteiger partial charge in [0.15, 0.2) is 15.0 Å². The van der Waals surface area contributed by atoms with E-state index >= 15 is 0 Å². The molecule has 0 amide bonds. The number of nitrogens with zero attached hydrogens (tertiary/aromatic N) is 2. The second-order valence-corrected chi connectivity index (χ2v) is 8.94. The third-order valence-corrected chi connectivity index (χ3v) is 6.92. The third kappa shape index (κ3) is 4.75. The Morgan fingerprint density at radius 3 is 2.54 bits per heavy atom. The van der Waals surface area contributed by atoms with E-state index in [-0.39, 0.29) is 5.75 Å². The Hall–Kier alpha value is -1.02. The molecule has 0 atom stereocenters. The van der Waals surface area contributed by atoms with Crippen molar-refractivity contribution in [3.05, 3.63) is 40.7 Å². The highest BCUT2D eigenvalue weighted by Crippen LogP contribution is 2.23. The zero-order valence-electron chi connectivity index (χ0n) is 14.0. The minimum absolute atomic E-state index is 0.0501. The first kappa shape index (κ1) is 19.3. The molecule has 0 N–H and O–H groups in total. The van der Waals surface area contributed by atoms with Gasteiger partial charge in [-0.2, -0.15) is 0 Å². The summed E-state index contributed by atoms with van der Waals surface area (Å²) < 4.78 is 31.9. The molecule has 8 heteroatoms. The molecule has 0 saturated heterocycles. The maximum atomic E-state index is 12.4. The van der Waals surface area contributed by atoms with Crippen molar-refractivity contribution in [3.63, 3.8) is 0 Å². The van der Waals surface area contributed by atoms with Crippen LogP contribution in [-0.4, -0.2) is 43.2 Å². The largest absolute Gasteiger partial charge is 0.383 e. The number of sulfone groups is 1. The van der Waals surface area contributed by atoms with Gasteiger partial charge in [-0.25, -0.2) is 13.4 Å². The average Bonchev–Trinajstić information content (AvgIpc) is 2.80. The van der Waals surface area contributed by atoms with E-state index in [0.717, 1.165) is 16.5 Å². The van der Waals surface area contributed by atoms with Gasteiger partial charge in [0.2, 0.25) is 0 Å². The number of aryl methyl sites for hydroxylation is 1. The van der Waals surface area contributed by atoms with Gasteiger partial charge < -0.3 is 9.30 Å². The van der Waals surface area contributed by atoms with Gasteiger partial charge in [-0.3, -0.25) is 0 Å². The number of thioether (sulfide) groups is 1. The van der Waals surface area contributed by atoms with Crippen LogP contribution in [0.4, 0.5) is 0 Å². The summed E-state index contributed by atoms with van der Waals surface area (Å²) in [7, 11) is -1.66. The van der Waals surface area contributed by atoms with Crippen molar-refractivity contribution in [2.75, 3.05) is 25.2 Å². The SMILES string of the molecule is COCCn1c(SCCS(=O)(=O)c2ccc(Cl)cc2)nc(C)c1C. The lowest BCUT2D eigenvalue weighted by Crippen LogP contribution is -2.11. The summed E-state index contributed by atoms with van der Waals surface area (Å²) in [5.41, 5.74) is 2.03. The first-order valence-corrected chi connectivity index (χ1v) is 10.5. The summed E-state index contributed by atoms with van der Waals surface area (Å²) in [6, 6.07) is 6.25. The molecule has 2 rings (SSSR count). The highest BCUT2D eigenvalue weighted by atomic mass is 35.5. The molecule has 0 unspecified atom stereocenters. The second kappa shape index (κ2) is 8.38. The predicted octanol–water partition coefficient (Wildman–Crippen LogP) is 3.37. The summed E-state index contributed by atoms with van der Waals surface area (Å²) >= 11 is 7.25. The molecule has 0 fully saturated rings. The zero-order valence-corrected chi connectivity index (χ0v) is 16.3. The van der Waals surface area contributed by atoms with Gasteiger partial charge in [0.25, 0.3) is 0 Å². The lowest BCUT2D eigenvalue weighted by atomic mass is 10.4. The average molecular weight is 389 g/mol. The molecule has 1 aromatic carbocycles. The normalized spacial score (nSPS) is 11.8. The highest BCUT2D eigenvalue weighted by molar-refractivity contribution is 8.00. The van der Waals surface area contributed by atoms with Crippen LogP contribution in [0.3, 0.4) is 0 Å². The van der Waals surface area contributed by atoms with Crippen LogP contribution in [0.5, 0.6) is 0 Å². The molecular formula is C16H21ClN2O3S2. The molecule has 132 valence electrons. The topological polar surface area (TPSA) is 61.2 Å². The smallest absolute Gasteiger partial charge is 0.179 e. The molecule has 1 heterocycles. The van der Waals surface area contributed by atoms with Gasteiger partial charge >= 0.3 is 0 Å². The van der Waals surface area contributed by atoms with Gasteiger partial charge in [-0.05, 0) is 38.1 Å². The first-order valence-electron chi connectivity index (χ1n) is 7.49. The number of hydrogen-bond acceptors (Lipinski definition) is 5. The number of halogens is 1.